The summed E-state index contributed by atoms with van der Waals surface area (Å²) in [6.45, 7) is 6.42. The zero-order valence-corrected chi connectivity index (χ0v) is 21.0. The predicted octanol–water partition coefficient (Wildman–Crippen LogP) is 3.94. The number of rotatable bonds is 8. The van der Waals surface area contributed by atoms with Crippen molar-refractivity contribution in [3.8, 4) is 0 Å². The number of nitrogens with two attached hydrogens (primary N) is 1. The van der Waals surface area contributed by atoms with Crippen LogP contribution < -0.4 is 16.6 Å². The Bertz CT molecular complexity index is 1080. The molecular formula is C27H37N5OS. The number of likely N-dealkylation sites (tertiary alicyclic amines) is 1. The van der Waals surface area contributed by atoms with Crippen LogP contribution in [0.5, 0.6) is 0 Å². The average molecular weight is 480 g/mol. The number of anilines is 1. The highest BCUT2D eigenvalue weighted by atomic mass is 32.1. The molecule has 7 heteroatoms. The van der Waals surface area contributed by atoms with Crippen molar-refractivity contribution < 1.29 is 0 Å². The molecule has 0 amide bonds. The van der Waals surface area contributed by atoms with Crippen molar-refractivity contribution in [3.05, 3.63) is 87.5 Å². The van der Waals surface area contributed by atoms with E-state index in [9.17, 15) is 4.79 Å². The van der Waals surface area contributed by atoms with E-state index in [1.54, 1.807) is 17.0 Å². The lowest BCUT2D eigenvalue weighted by Crippen LogP contribution is -2.41. The number of piperidine rings is 1. The highest BCUT2D eigenvalue weighted by Crippen LogP contribution is 2.19. The highest BCUT2D eigenvalue weighted by molar-refractivity contribution is 7.59. The molecule has 0 atom stereocenters. The first-order chi connectivity index (χ1) is 16.1. The summed E-state index contributed by atoms with van der Waals surface area (Å²) < 4.78 is 1.76. The van der Waals surface area contributed by atoms with Crippen LogP contribution in [0.3, 0.4) is 0 Å². The van der Waals surface area contributed by atoms with Gasteiger partial charge in [-0.1, -0.05) is 65.3 Å². The van der Waals surface area contributed by atoms with Crippen molar-refractivity contribution in [3.63, 3.8) is 0 Å². The lowest BCUT2D eigenvalue weighted by molar-refractivity contribution is 0.236. The zero-order valence-electron chi connectivity index (χ0n) is 20.0. The van der Waals surface area contributed by atoms with Crippen molar-refractivity contribution in [1.29, 1.82) is 0 Å². The van der Waals surface area contributed by atoms with Gasteiger partial charge in [0.2, 0.25) is 0 Å². The van der Waals surface area contributed by atoms with Gasteiger partial charge in [0.15, 0.2) is 5.82 Å². The molecule has 6 nitrogen and oxygen atoms in total. The largest absolute Gasteiger partial charge is 0.363 e. The summed E-state index contributed by atoms with van der Waals surface area (Å²) in [5.74, 6) is 0.464. The van der Waals surface area contributed by atoms with Crippen LogP contribution >= 0.6 is 13.5 Å². The summed E-state index contributed by atoms with van der Waals surface area (Å²) in [5, 5.41) is 3.42. The molecule has 1 aromatic carbocycles. The van der Waals surface area contributed by atoms with Crippen molar-refractivity contribution in [2.45, 2.75) is 45.2 Å². The Balaban J connectivity index is 0.00000324. The third kappa shape index (κ3) is 7.19. The quantitative estimate of drug-likeness (QED) is 0.600. The van der Waals surface area contributed by atoms with Crippen molar-refractivity contribution in [2.24, 2.45) is 5.73 Å². The monoisotopic (exact) mass is 479 g/mol. The number of allylic oxidation sites excluding steroid dienone is 3. The molecule has 4 rings (SSSR count). The van der Waals surface area contributed by atoms with E-state index in [-0.39, 0.29) is 25.1 Å². The van der Waals surface area contributed by atoms with Crippen molar-refractivity contribution >= 4 is 25.4 Å². The maximum atomic E-state index is 13.0. The number of nitrogens with one attached hydrogen (secondary N) is 1. The molecule has 182 valence electrons. The number of hydrogen-bond acceptors (Lipinski definition) is 5. The van der Waals surface area contributed by atoms with Crippen LogP contribution in [0.1, 0.15) is 38.2 Å². The molecule has 3 N–H and O–H groups in total. The first-order valence-electron chi connectivity index (χ1n) is 11.9. The first kappa shape index (κ1) is 26.0. The van der Waals surface area contributed by atoms with Gasteiger partial charge in [0.1, 0.15) is 0 Å². The van der Waals surface area contributed by atoms with E-state index in [2.05, 4.69) is 64.6 Å². The Labute approximate surface area is 209 Å². The third-order valence-electron chi connectivity index (χ3n) is 6.49. The van der Waals surface area contributed by atoms with Crippen molar-refractivity contribution in [2.75, 3.05) is 31.5 Å². The maximum Gasteiger partial charge on any atom is 0.293 e. The molecule has 0 radical (unpaired) electrons. The fourth-order valence-electron chi connectivity index (χ4n) is 4.58. The van der Waals surface area contributed by atoms with Crippen LogP contribution in [0.25, 0.3) is 6.08 Å². The normalized spacial score (nSPS) is 17.5. The van der Waals surface area contributed by atoms with E-state index in [1.165, 1.54) is 22.3 Å². The predicted molar refractivity (Wildman–Crippen MR) is 147 cm³/mol. The number of benzene rings is 1. The molecule has 1 aliphatic carbocycles. The summed E-state index contributed by atoms with van der Waals surface area (Å²) in [6, 6.07) is 10.7. The third-order valence-corrected chi connectivity index (χ3v) is 6.49. The standard InChI is InChI=1S/C27H35N5O.H2S/c1-21(17-22-5-3-2-4-6-22)19-31-14-11-25(12-15-31)30-26-27(33)32(16-13-29-26)20-24-9-7-23(18-28)8-10-24;/h2-7,9,13,16-17,25H,8,10-12,14-15,18-20,28H2,1H3,(H,29,30);1H2/b21-17+;. The lowest BCUT2D eigenvalue weighted by Gasteiger charge is -2.32. The summed E-state index contributed by atoms with van der Waals surface area (Å²) in [5.41, 5.74) is 10.8. The van der Waals surface area contributed by atoms with Gasteiger partial charge in [-0.15, -0.1) is 0 Å². The number of nitrogens with zero attached hydrogens (tertiary/aromatic N) is 3. The zero-order chi connectivity index (χ0) is 23.0. The molecule has 1 fully saturated rings. The van der Waals surface area contributed by atoms with E-state index in [4.69, 9.17) is 5.73 Å². The first-order valence-corrected chi connectivity index (χ1v) is 11.9. The molecule has 34 heavy (non-hydrogen) atoms. The highest BCUT2D eigenvalue weighted by Gasteiger charge is 2.20. The van der Waals surface area contributed by atoms with E-state index >= 15 is 0 Å². The van der Waals surface area contributed by atoms with E-state index < -0.39 is 0 Å². The van der Waals surface area contributed by atoms with Gasteiger partial charge in [-0.05, 0) is 38.2 Å². The van der Waals surface area contributed by atoms with E-state index in [0.29, 0.717) is 18.9 Å². The summed E-state index contributed by atoms with van der Waals surface area (Å²) in [4.78, 5) is 19.8. The SMILES string of the molecule is C/C(=C\c1ccccc1)CN1CCC(Nc2nccn(CC3=CC=C(CN)CC3)c2=O)CC1.S. The molecule has 1 saturated heterocycles. The van der Waals surface area contributed by atoms with Crippen LogP contribution in [0.4, 0.5) is 5.82 Å². The van der Waals surface area contributed by atoms with E-state index in [0.717, 1.165) is 45.3 Å². The van der Waals surface area contributed by atoms with Crippen LogP contribution in [0.2, 0.25) is 0 Å². The minimum absolute atomic E-state index is 0. The Morgan fingerprint density at radius 1 is 1.15 bits per heavy atom. The van der Waals surface area contributed by atoms with Crippen LogP contribution in [-0.4, -0.2) is 46.7 Å². The van der Waals surface area contributed by atoms with Crippen LogP contribution in [0, 0.1) is 0 Å². The van der Waals surface area contributed by atoms with Gasteiger partial charge in [0.25, 0.3) is 5.56 Å². The fourth-order valence-corrected chi connectivity index (χ4v) is 4.58. The Kier molecular flexibility index (Phi) is 9.74. The molecule has 1 aliphatic heterocycles. The molecule has 0 bridgehead atoms. The molecule has 1 aromatic heterocycles. The smallest absolute Gasteiger partial charge is 0.293 e. The molecule has 2 heterocycles. The minimum Gasteiger partial charge on any atom is -0.363 e. The van der Waals surface area contributed by atoms with Crippen LogP contribution in [-0.2, 0) is 6.54 Å². The van der Waals surface area contributed by atoms with E-state index in [1.807, 2.05) is 6.07 Å². The van der Waals surface area contributed by atoms with Crippen molar-refractivity contribution in [1.82, 2.24) is 14.5 Å². The van der Waals surface area contributed by atoms with Crippen LogP contribution in [0.15, 0.2) is 76.4 Å². The topological polar surface area (TPSA) is 76.2 Å². The summed E-state index contributed by atoms with van der Waals surface area (Å²) in [7, 11) is 0. The Morgan fingerprint density at radius 3 is 2.53 bits per heavy atom. The number of aromatic nitrogens is 2. The summed E-state index contributed by atoms with van der Waals surface area (Å²) in [6.07, 6.45) is 13.9. The Morgan fingerprint density at radius 2 is 1.85 bits per heavy atom. The van der Waals surface area contributed by atoms with Gasteiger partial charge in [-0.25, -0.2) is 4.98 Å². The van der Waals surface area contributed by atoms with Gasteiger partial charge in [-0.2, -0.15) is 13.5 Å². The maximum absolute atomic E-state index is 13.0. The number of hydrogen-bond donors (Lipinski definition) is 2. The summed E-state index contributed by atoms with van der Waals surface area (Å²) >= 11 is 0. The minimum atomic E-state index is -0.0453. The second kappa shape index (κ2) is 12.7. The average Bonchev–Trinajstić information content (AvgIpc) is 2.84. The molecule has 0 spiro atoms. The second-order valence-electron chi connectivity index (χ2n) is 9.16. The van der Waals surface area contributed by atoms with Gasteiger partial charge in [0.05, 0.1) is 0 Å². The molecule has 2 aliphatic rings. The Hall–Kier alpha value is -2.61. The fraction of sp³-hybridized carbons (Fsp3) is 0.407. The molecular weight excluding hydrogens is 442 g/mol. The van der Waals surface area contributed by atoms with Gasteiger partial charge >= 0.3 is 0 Å². The molecule has 0 saturated carbocycles. The molecule has 2 aromatic rings. The lowest BCUT2D eigenvalue weighted by atomic mass is 9.98. The van der Waals surface area contributed by atoms with Gasteiger partial charge < -0.3 is 15.6 Å². The van der Waals surface area contributed by atoms with Gasteiger partial charge in [-0.3, -0.25) is 9.69 Å². The van der Waals surface area contributed by atoms with Gasteiger partial charge in [0, 0.05) is 51.2 Å². The second-order valence-corrected chi connectivity index (χ2v) is 9.16. The molecule has 0 unspecified atom stereocenters.